The van der Waals surface area contributed by atoms with E-state index in [1.807, 2.05) is 30.4 Å². The predicted molar refractivity (Wildman–Crippen MR) is 85.8 cm³/mol. The lowest BCUT2D eigenvalue weighted by Crippen LogP contribution is -2.31. The van der Waals surface area contributed by atoms with Crippen molar-refractivity contribution in [3.05, 3.63) is 71.7 Å². The van der Waals surface area contributed by atoms with Crippen molar-refractivity contribution >= 4 is 0 Å². The molecule has 0 saturated heterocycles. The summed E-state index contributed by atoms with van der Waals surface area (Å²) in [6.07, 6.45) is 14.0. The molecule has 108 valence electrons. The summed E-state index contributed by atoms with van der Waals surface area (Å²) in [7, 11) is 3.61. The number of hydrogen-bond donors (Lipinski definition) is 1. The van der Waals surface area contributed by atoms with E-state index in [0.29, 0.717) is 6.61 Å². The van der Waals surface area contributed by atoms with Gasteiger partial charge in [-0.2, -0.15) is 0 Å². The molecular formula is C17H24N2O. The average molecular weight is 272 g/mol. The molecule has 1 N–H and O–H groups in total. The molecule has 0 aliphatic carbocycles. The summed E-state index contributed by atoms with van der Waals surface area (Å²) in [6.45, 7) is 8.46. The Morgan fingerprint density at radius 1 is 1.40 bits per heavy atom. The van der Waals surface area contributed by atoms with Crippen molar-refractivity contribution in [1.29, 1.82) is 0 Å². The molecule has 0 aromatic heterocycles. The minimum absolute atomic E-state index is 0.615. The van der Waals surface area contributed by atoms with E-state index in [0.717, 1.165) is 5.70 Å². The minimum atomic E-state index is 0.615. The van der Waals surface area contributed by atoms with Crippen LogP contribution < -0.4 is 5.43 Å². The topological polar surface area (TPSA) is 24.5 Å². The van der Waals surface area contributed by atoms with E-state index in [2.05, 4.69) is 44.1 Å². The van der Waals surface area contributed by atoms with Crippen molar-refractivity contribution in [1.82, 2.24) is 10.4 Å². The molecule has 0 aromatic carbocycles. The second kappa shape index (κ2) is 8.35. The Labute approximate surface area is 122 Å². The second-order valence-corrected chi connectivity index (χ2v) is 4.58. The van der Waals surface area contributed by atoms with Crippen LogP contribution in [0.3, 0.4) is 0 Å². The Morgan fingerprint density at radius 3 is 2.75 bits per heavy atom. The van der Waals surface area contributed by atoms with Gasteiger partial charge in [-0.15, -0.1) is 0 Å². The summed E-state index contributed by atoms with van der Waals surface area (Å²) >= 11 is 0. The number of methoxy groups -OCH3 is 1. The van der Waals surface area contributed by atoms with Crippen LogP contribution in [0.5, 0.6) is 0 Å². The lowest BCUT2D eigenvalue weighted by atomic mass is 10.0. The largest absolute Gasteiger partial charge is 0.380 e. The third-order valence-electron chi connectivity index (χ3n) is 3.04. The molecule has 0 radical (unpaired) electrons. The van der Waals surface area contributed by atoms with Gasteiger partial charge in [-0.05, 0) is 42.7 Å². The van der Waals surface area contributed by atoms with Crippen LogP contribution in [0.4, 0.5) is 0 Å². The first-order valence-corrected chi connectivity index (χ1v) is 6.65. The predicted octanol–water partition coefficient (Wildman–Crippen LogP) is 3.49. The lowest BCUT2D eigenvalue weighted by molar-refractivity contribution is 0.222. The highest BCUT2D eigenvalue weighted by molar-refractivity contribution is 5.48. The number of nitrogens with one attached hydrogen (secondary N) is 1. The molecule has 0 aromatic rings. The van der Waals surface area contributed by atoms with Crippen molar-refractivity contribution in [3.8, 4) is 0 Å². The quantitative estimate of drug-likeness (QED) is 0.749. The zero-order valence-corrected chi connectivity index (χ0v) is 12.8. The van der Waals surface area contributed by atoms with Crippen LogP contribution in [0.2, 0.25) is 0 Å². The maximum Gasteiger partial charge on any atom is 0.0693 e. The minimum Gasteiger partial charge on any atom is -0.380 e. The molecule has 0 spiro atoms. The van der Waals surface area contributed by atoms with E-state index in [-0.39, 0.29) is 0 Å². The summed E-state index contributed by atoms with van der Waals surface area (Å²) in [6, 6.07) is 0. The molecule has 0 saturated carbocycles. The van der Waals surface area contributed by atoms with Gasteiger partial charge in [0, 0.05) is 20.4 Å². The van der Waals surface area contributed by atoms with Crippen LogP contribution in [-0.4, -0.2) is 25.8 Å². The molecule has 0 amide bonds. The van der Waals surface area contributed by atoms with Gasteiger partial charge in [-0.3, -0.25) is 5.01 Å². The first kappa shape index (κ1) is 16.2. The van der Waals surface area contributed by atoms with Gasteiger partial charge in [0.05, 0.1) is 12.3 Å². The van der Waals surface area contributed by atoms with E-state index in [4.69, 9.17) is 4.74 Å². The molecule has 0 bridgehead atoms. The van der Waals surface area contributed by atoms with Gasteiger partial charge in [-0.1, -0.05) is 30.9 Å². The Kier molecular flexibility index (Phi) is 6.77. The molecule has 1 aliphatic rings. The summed E-state index contributed by atoms with van der Waals surface area (Å²) in [5, 5.41) is 1.99. The molecular weight excluding hydrogens is 248 g/mol. The van der Waals surface area contributed by atoms with Crippen LogP contribution >= 0.6 is 0 Å². The summed E-state index contributed by atoms with van der Waals surface area (Å²) in [4.78, 5) is 0. The molecule has 0 atom stereocenters. The summed E-state index contributed by atoms with van der Waals surface area (Å²) in [5.74, 6) is 0. The monoisotopic (exact) mass is 272 g/mol. The fourth-order valence-electron chi connectivity index (χ4n) is 1.93. The number of hydrogen-bond acceptors (Lipinski definition) is 3. The van der Waals surface area contributed by atoms with Crippen molar-refractivity contribution in [2.24, 2.45) is 0 Å². The number of hydrazine groups is 1. The Hall–Kier alpha value is -1.84. The van der Waals surface area contributed by atoms with Gasteiger partial charge in [0.2, 0.25) is 0 Å². The van der Waals surface area contributed by atoms with Gasteiger partial charge in [0.15, 0.2) is 0 Å². The molecule has 0 unspecified atom stereocenters. The highest BCUT2D eigenvalue weighted by Crippen LogP contribution is 2.23. The van der Waals surface area contributed by atoms with Crippen LogP contribution in [0.25, 0.3) is 0 Å². The van der Waals surface area contributed by atoms with Gasteiger partial charge < -0.3 is 4.74 Å². The Balaban J connectivity index is 3.08. The molecule has 0 fully saturated rings. The van der Waals surface area contributed by atoms with Crippen LogP contribution in [0.15, 0.2) is 71.7 Å². The van der Waals surface area contributed by atoms with Gasteiger partial charge in [0.25, 0.3) is 0 Å². The number of nitrogens with zero attached hydrogens (tertiary/aromatic N) is 1. The third-order valence-corrected chi connectivity index (χ3v) is 3.04. The maximum absolute atomic E-state index is 5.22. The van der Waals surface area contributed by atoms with E-state index in [1.54, 1.807) is 13.2 Å². The lowest BCUT2D eigenvalue weighted by Gasteiger charge is -2.26. The van der Waals surface area contributed by atoms with E-state index in [1.165, 1.54) is 16.7 Å². The number of rotatable bonds is 6. The SMILES string of the molecule is C=C/C=C\C=C(/C)C1=C/C(=C(/C)COC)N(NC)C=C1. The zero-order chi connectivity index (χ0) is 15.0. The zero-order valence-electron chi connectivity index (χ0n) is 12.8. The van der Waals surface area contributed by atoms with Gasteiger partial charge >= 0.3 is 0 Å². The summed E-state index contributed by atoms with van der Waals surface area (Å²) < 4.78 is 5.22. The molecule has 20 heavy (non-hydrogen) atoms. The molecule has 1 heterocycles. The van der Waals surface area contributed by atoms with Crippen LogP contribution in [-0.2, 0) is 4.74 Å². The van der Waals surface area contributed by atoms with Crippen molar-refractivity contribution in [3.63, 3.8) is 0 Å². The molecule has 3 heteroatoms. The van der Waals surface area contributed by atoms with Crippen LogP contribution in [0, 0.1) is 0 Å². The van der Waals surface area contributed by atoms with Crippen molar-refractivity contribution in [2.45, 2.75) is 13.8 Å². The van der Waals surface area contributed by atoms with Gasteiger partial charge in [-0.25, -0.2) is 5.43 Å². The summed E-state index contributed by atoms with van der Waals surface area (Å²) in [5.41, 5.74) is 7.84. The van der Waals surface area contributed by atoms with Crippen molar-refractivity contribution < 1.29 is 4.74 Å². The Morgan fingerprint density at radius 2 is 2.15 bits per heavy atom. The Bertz CT molecular complexity index is 493. The normalized spacial score (nSPS) is 18.5. The highest BCUT2D eigenvalue weighted by atomic mass is 16.5. The third kappa shape index (κ3) is 4.37. The first-order chi connectivity index (χ1) is 9.63. The van der Waals surface area contributed by atoms with E-state index < -0.39 is 0 Å². The first-order valence-electron chi connectivity index (χ1n) is 6.65. The van der Waals surface area contributed by atoms with E-state index in [9.17, 15) is 0 Å². The smallest absolute Gasteiger partial charge is 0.0693 e. The highest BCUT2D eigenvalue weighted by Gasteiger charge is 2.12. The number of allylic oxidation sites excluding steroid dienone is 8. The number of ether oxygens (including phenoxy) is 1. The molecule has 1 rings (SSSR count). The molecule has 1 aliphatic heterocycles. The average Bonchev–Trinajstić information content (AvgIpc) is 2.47. The molecule has 3 nitrogen and oxygen atoms in total. The van der Waals surface area contributed by atoms with Gasteiger partial charge in [0.1, 0.15) is 0 Å². The standard InChI is InChI=1S/C17H24N2O/c1-6-7-8-9-14(2)16-10-11-19(18-4)17(12-16)15(3)13-20-5/h6-12,18H,1,13H2,2-5H3/b8-7-,14-9+,17-15+. The maximum atomic E-state index is 5.22. The fraction of sp³-hybridized carbons (Fsp3) is 0.294. The van der Waals surface area contributed by atoms with Crippen molar-refractivity contribution in [2.75, 3.05) is 20.8 Å². The second-order valence-electron chi connectivity index (χ2n) is 4.58. The fourth-order valence-corrected chi connectivity index (χ4v) is 1.93. The van der Waals surface area contributed by atoms with Crippen LogP contribution in [0.1, 0.15) is 13.8 Å². The van der Waals surface area contributed by atoms with E-state index >= 15 is 0 Å².